The lowest BCUT2D eigenvalue weighted by Gasteiger charge is -2.35. The van der Waals surface area contributed by atoms with Gasteiger partial charge in [0.1, 0.15) is 0 Å². The van der Waals surface area contributed by atoms with Crippen molar-refractivity contribution in [2.45, 2.75) is 0 Å². The highest BCUT2D eigenvalue weighted by Crippen LogP contribution is 2.47. The zero-order chi connectivity index (χ0) is 38.1. The maximum atomic E-state index is 4.85. The largest absolute Gasteiger partial charge is 0.310 e. The Hall–Kier alpha value is -7.69. The van der Waals surface area contributed by atoms with Crippen LogP contribution in [-0.2, 0) is 0 Å². The Morgan fingerprint density at radius 3 is 1.58 bits per heavy atom. The SMILES string of the molecule is c1ccc2c(c1)ccc1c2c2c3ccccc3cc3c2n1-c1ccc(-c2cccc4ncccc24)c2c1B3c1cc3ccccc3c3c4c5ccccc5ccc4n-2c13. The highest BCUT2D eigenvalue weighted by Gasteiger charge is 2.43. The van der Waals surface area contributed by atoms with E-state index in [9.17, 15) is 0 Å². The molecule has 10 aromatic carbocycles. The molecular weight excluding hydrogens is 713 g/mol. The molecule has 15 rings (SSSR count). The summed E-state index contributed by atoms with van der Waals surface area (Å²) >= 11 is 0. The van der Waals surface area contributed by atoms with Crippen molar-refractivity contribution in [3.8, 4) is 22.5 Å². The maximum Gasteiger partial charge on any atom is 0.252 e. The molecule has 5 heterocycles. The summed E-state index contributed by atoms with van der Waals surface area (Å²) in [7, 11) is 0. The zero-order valence-corrected chi connectivity index (χ0v) is 31.7. The second-order valence-electron chi connectivity index (χ2n) is 16.6. The smallest absolute Gasteiger partial charge is 0.252 e. The van der Waals surface area contributed by atoms with E-state index in [1.807, 2.05) is 6.20 Å². The van der Waals surface area contributed by atoms with Gasteiger partial charge in [-0.25, -0.2) is 0 Å². The Morgan fingerprint density at radius 1 is 0.390 bits per heavy atom. The number of hydrogen-bond donors (Lipinski definition) is 0. The van der Waals surface area contributed by atoms with Crippen LogP contribution in [0.3, 0.4) is 0 Å². The minimum absolute atomic E-state index is 0.0154. The molecule has 0 spiro atoms. The number of rotatable bonds is 1. The van der Waals surface area contributed by atoms with E-state index in [0.717, 1.165) is 10.9 Å². The quantitative estimate of drug-likeness (QED) is 0.154. The van der Waals surface area contributed by atoms with Crippen LogP contribution in [0.5, 0.6) is 0 Å². The van der Waals surface area contributed by atoms with Gasteiger partial charge in [-0.1, -0.05) is 146 Å². The number of pyridine rings is 1. The Labute approximate surface area is 338 Å². The predicted octanol–water partition coefficient (Wildman–Crippen LogP) is 11.9. The predicted molar refractivity (Wildman–Crippen MR) is 251 cm³/mol. The van der Waals surface area contributed by atoms with E-state index in [4.69, 9.17) is 4.98 Å². The van der Waals surface area contributed by atoms with Crippen molar-refractivity contribution in [2.75, 3.05) is 0 Å². The molecular formula is C55H30BN3. The molecule has 0 amide bonds. The first kappa shape index (κ1) is 30.5. The van der Waals surface area contributed by atoms with Gasteiger partial charge < -0.3 is 9.13 Å². The van der Waals surface area contributed by atoms with Gasteiger partial charge in [-0.05, 0) is 95.4 Å². The minimum Gasteiger partial charge on any atom is -0.310 e. The van der Waals surface area contributed by atoms with E-state index in [-0.39, 0.29) is 6.71 Å². The third-order valence-corrected chi connectivity index (χ3v) is 13.9. The Kier molecular flexibility index (Phi) is 5.48. The highest BCUT2D eigenvalue weighted by molar-refractivity contribution is 7.01. The first-order valence-corrected chi connectivity index (χ1v) is 20.6. The standard InChI is InChI=1S/C55H30BN3/c1-5-15-35-31(11-1)22-25-45-48(35)50-37-17-7-3-13-33(37)29-42-54(50)58(45)47-27-24-41(39-19-9-21-44-40(39)20-10-28-57-44)53-52(47)56(42)43-30-34-14-4-8-18-38(34)51-49-36-16-6-2-12-32(36)23-26-46(49)59(53)55(43)51/h1-30H. The lowest BCUT2D eigenvalue weighted by Crippen LogP contribution is -2.59. The summed E-state index contributed by atoms with van der Waals surface area (Å²) in [4.78, 5) is 4.85. The molecule has 0 radical (unpaired) electrons. The van der Waals surface area contributed by atoms with Crippen molar-refractivity contribution in [3.63, 3.8) is 0 Å². The van der Waals surface area contributed by atoms with Gasteiger partial charge in [-0.3, -0.25) is 4.98 Å². The molecule has 0 fully saturated rings. The van der Waals surface area contributed by atoms with Crippen molar-refractivity contribution in [1.82, 2.24) is 14.1 Å². The van der Waals surface area contributed by atoms with Crippen molar-refractivity contribution >= 4 is 121 Å². The Bertz CT molecular complexity index is 4090. The van der Waals surface area contributed by atoms with E-state index in [2.05, 4.69) is 185 Å². The van der Waals surface area contributed by atoms with E-state index in [1.165, 1.54) is 126 Å². The number of nitrogens with zero attached hydrogens (tertiary/aromatic N) is 3. The van der Waals surface area contributed by atoms with Crippen molar-refractivity contribution in [1.29, 1.82) is 0 Å². The van der Waals surface area contributed by atoms with Gasteiger partial charge in [0, 0.05) is 44.4 Å². The number of benzene rings is 10. The van der Waals surface area contributed by atoms with Crippen LogP contribution in [0.15, 0.2) is 182 Å². The molecule has 3 aromatic heterocycles. The van der Waals surface area contributed by atoms with Crippen molar-refractivity contribution in [3.05, 3.63) is 182 Å². The first-order valence-electron chi connectivity index (χ1n) is 20.6. The summed E-state index contributed by atoms with van der Waals surface area (Å²) in [5, 5.41) is 16.7. The second kappa shape index (κ2) is 10.6. The molecule has 59 heavy (non-hydrogen) atoms. The normalized spacial score (nSPS) is 13.1. The number of fused-ring (bicyclic) bond motifs is 19. The molecule has 0 unspecified atom stereocenters. The van der Waals surface area contributed by atoms with Crippen LogP contribution >= 0.6 is 0 Å². The van der Waals surface area contributed by atoms with Gasteiger partial charge in [0.25, 0.3) is 6.71 Å². The molecule has 3 nitrogen and oxygen atoms in total. The topological polar surface area (TPSA) is 22.8 Å². The van der Waals surface area contributed by atoms with Crippen LogP contribution < -0.4 is 16.4 Å². The van der Waals surface area contributed by atoms with E-state index in [0.29, 0.717) is 0 Å². The molecule has 2 aliphatic rings. The van der Waals surface area contributed by atoms with E-state index >= 15 is 0 Å². The van der Waals surface area contributed by atoms with Crippen LogP contribution in [0.4, 0.5) is 0 Å². The van der Waals surface area contributed by atoms with Crippen LogP contribution in [0.1, 0.15) is 0 Å². The second-order valence-corrected chi connectivity index (χ2v) is 16.6. The van der Waals surface area contributed by atoms with Crippen molar-refractivity contribution in [2.24, 2.45) is 0 Å². The average molecular weight is 744 g/mol. The van der Waals surface area contributed by atoms with Crippen LogP contribution in [0.2, 0.25) is 0 Å². The zero-order valence-electron chi connectivity index (χ0n) is 31.7. The average Bonchev–Trinajstić information content (AvgIpc) is 3.84. The minimum atomic E-state index is -0.0154. The summed E-state index contributed by atoms with van der Waals surface area (Å²) in [5.74, 6) is 0. The van der Waals surface area contributed by atoms with Crippen molar-refractivity contribution < 1.29 is 0 Å². The molecule has 13 aromatic rings. The van der Waals surface area contributed by atoms with Gasteiger partial charge >= 0.3 is 0 Å². The molecule has 0 bridgehead atoms. The first-order chi connectivity index (χ1) is 29.3. The molecule has 0 N–H and O–H groups in total. The molecule has 2 aliphatic heterocycles. The molecule has 0 atom stereocenters. The summed E-state index contributed by atoms with van der Waals surface area (Å²) < 4.78 is 5.27. The third kappa shape index (κ3) is 3.61. The highest BCUT2D eigenvalue weighted by atomic mass is 15.0. The fraction of sp³-hybridized carbons (Fsp3) is 0. The summed E-state index contributed by atoms with van der Waals surface area (Å²) in [6.45, 7) is -0.0154. The third-order valence-electron chi connectivity index (χ3n) is 13.9. The lowest BCUT2D eigenvalue weighted by atomic mass is 9.34. The van der Waals surface area contributed by atoms with Gasteiger partial charge in [0.2, 0.25) is 0 Å². The van der Waals surface area contributed by atoms with Gasteiger partial charge in [-0.15, -0.1) is 0 Å². The monoisotopic (exact) mass is 743 g/mol. The molecule has 0 saturated carbocycles. The Balaban J connectivity index is 1.24. The fourth-order valence-corrected chi connectivity index (χ4v) is 11.6. The van der Waals surface area contributed by atoms with Crippen LogP contribution in [0, 0.1) is 0 Å². The summed E-state index contributed by atoms with van der Waals surface area (Å²) in [6.07, 6.45) is 1.90. The molecule has 268 valence electrons. The molecule has 0 saturated heterocycles. The summed E-state index contributed by atoms with van der Waals surface area (Å²) in [6, 6.07) is 66.1. The van der Waals surface area contributed by atoms with Crippen LogP contribution in [-0.4, -0.2) is 20.8 Å². The molecule has 4 heteroatoms. The number of aromatic nitrogens is 3. The molecule has 0 aliphatic carbocycles. The lowest BCUT2D eigenvalue weighted by molar-refractivity contribution is 1.15. The number of hydrogen-bond acceptors (Lipinski definition) is 1. The van der Waals surface area contributed by atoms with E-state index in [1.54, 1.807) is 0 Å². The maximum absolute atomic E-state index is 4.85. The van der Waals surface area contributed by atoms with Crippen LogP contribution in [0.25, 0.3) is 120 Å². The van der Waals surface area contributed by atoms with Gasteiger partial charge in [-0.2, -0.15) is 0 Å². The fourth-order valence-electron chi connectivity index (χ4n) is 11.6. The van der Waals surface area contributed by atoms with E-state index < -0.39 is 0 Å². The Morgan fingerprint density at radius 2 is 0.932 bits per heavy atom. The summed E-state index contributed by atoms with van der Waals surface area (Å²) in [5.41, 5.74) is 15.1. The van der Waals surface area contributed by atoms with Gasteiger partial charge in [0.05, 0.1) is 33.3 Å². The van der Waals surface area contributed by atoms with Gasteiger partial charge in [0.15, 0.2) is 0 Å².